The Morgan fingerprint density at radius 1 is 1.29 bits per heavy atom. The first-order valence-corrected chi connectivity index (χ1v) is 7.63. The molecule has 1 saturated carbocycles. The number of halogens is 1. The topological polar surface area (TPSA) is 79.5 Å². The Hall–Kier alpha value is -1.75. The quantitative estimate of drug-likeness (QED) is 0.442. The van der Waals surface area contributed by atoms with Gasteiger partial charge in [0.25, 0.3) is 5.91 Å². The van der Waals surface area contributed by atoms with E-state index in [-0.39, 0.29) is 5.91 Å². The number of guanidine groups is 1. The monoisotopic (exact) mass is 308 g/mol. The Balaban J connectivity index is 1.68. The van der Waals surface area contributed by atoms with Crippen molar-refractivity contribution >= 4 is 23.5 Å². The molecule has 6 heteroatoms. The molecule has 0 heterocycles. The molecule has 1 aliphatic carbocycles. The third-order valence-corrected chi connectivity index (χ3v) is 3.75. The smallest absolute Gasteiger partial charge is 0.251 e. The zero-order chi connectivity index (χ0) is 15.1. The molecule has 5 nitrogen and oxygen atoms in total. The summed E-state index contributed by atoms with van der Waals surface area (Å²) in [5.41, 5.74) is 6.39. The van der Waals surface area contributed by atoms with Gasteiger partial charge in [-0.25, -0.2) is 0 Å². The van der Waals surface area contributed by atoms with Crippen molar-refractivity contribution in [3.05, 3.63) is 34.9 Å². The molecule has 1 fully saturated rings. The molecule has 0 unspecified atom stereocenters. The van der Waals surface area contributed by atoms with Crippen LogP contribution in [0.4, 0.5) is 0 Å². The number of hydrogen-bond donors (Lipinski definition) is 3. The molecule has 0 radical (unpaired) electrons. The average molecular weight is 309 g/mol. The number of nitrogens with two attached hydrogens (primary N) is 1. The van der Waals surface area contributed by atoms with E-state index in [1.807, 2.05) is 0 Å². The molecule has 1 aromatic carbocycles. The van der Waals surface area contributed by atoms with Gasteiger partial charge < -0.3 is 16.4 Å². The van der Waals surface area contributed by atoms with E-state index < -0.39 is 0 Å². The lowest BCUT2D eigenvalue weighted by molar-refractivity contribution is 0.0955. The number of rotatable bonds is 5. The van der Waals surface area contributed by atoms with E-state index in [4.69, 9.17) is 17.3 Å². The lowest BCUT2D eigenvalue weighted by atomic mass is 10.2. The second kappa shape index (κ2) is 7.88. The van der Waals surface area contributed by atoms with Gasteiger partial charge in [0.1, 0.15) is 0 Å². The van der Waals surface area contributed by atoms with E-state index in [9.17, 15) is 4.79 Å². The van der Waals surface area contributed by atoms with E-state index in [1.165, 1.54) is 12.8 Å². The first-order valence-electron chi connectivity index (χ1n) is 7.25. The van der Waals surface area contributed by atoms with E-state index in [2.05, 4.69) is 15.6 Å². The minimum atomic E-state index is -0.135. The zero-order valence-electron chi connectivity index (χ0n) is 11.9. The van der Waals surface area contributed by atoms with Gasteiger partial charge in [-0.1, -0.05) is 24.4 Å². The lowest BCUT2D eigenvalue weighted by Crippen LogP contribution is -2.39. The highest BCUT2D eigenvalue weighted by molar-refractivity contribution is 6.30. The van der Waals surface area contributed by atoms with Crippen molar-refractivity contribution in [2.75, 3.05) is 13.1 Å². The molecule has 114 valence electrons. The third kappa shape index (κ3) is 5.27. The Labute approximate surface area is 130 Å². The van der Waals surface area contributed by atoms with Gasteiger partial charge in [0, 0.05) is 23.2 Å². The molecule has 0 saturated heterocycles. The Bertz CT molecular complexity index is 495. The van der Waals surface area contributed by atoms with Crippen molar-refractivity contribution in [2.45, 2.75) is 31.7 Å². The second-order valence-corrected chi connectivity index (χ2v) is 5.59. The van der Waals surface area contributed by atoms with Crippen molar-refractivity contribution in [1.82, 2.24) is 10.6 Å². The molecule has 1 aromatic rings. The average Bonchev–Trinajstić information content (AvgIpc) is 2.97. The van der Waals surface area contributed by atoms with Crippen molar-refractivity contribution in [3.63, 3.8) is 0 Å². The maximum atomic E-state index is 11.8. The van der Waals surface area contributed by atoms with Gasteiger partial charge >= 0.3 is 0 Å². The van der Waals surface area contributed by atoms with Crippen LogP contribution in [-0.2, 0) is 0 Å². The van der Waals surface area contributed by atoms with Crippen molar-refractivity contribution in [3.8, 4) is 0 Å². The highest BCUT2D eigenvalue weighted by Crippen LogP contribution is 2.17. The Morgan fingerprint density at radius 2 is 1.95 bits per heavy atom. The molecule has 0 aliphatic heterocycles. The van der Waals surface area contributed by atoms with Crippen LogP contribution < -0.4 is 16.4 Å². The predicted octanol–water partition coefficient (Wildman–Crippen LogP) is 1.92. The summed E-state index contributed by atoms with van der Waals surface area (Å²) in [5, 5.41) is 6.61. The van der Waals surface area contributed by atoms with Crippen molar-refractivity contribution < 1.29 is 4.79 Å². The van der Waals surface area contributed by atoms with Gasteiger partial charge in [-0.3, -0.25) is 9.79 Å². The fraction of sp³-hybridized carbons (Fsp3) is 0.467. The van der Waals surface area contributed by atoms with Crippen LogP contribution in [-0.4, -0.2) is 31.0 Å². The van der Waals surface area contributed by atoms with E-state index >= 15 is 0 Å². The number of nitrogens with zero attached hydrogens (tertiary/aromatic N) is 1. The summed E-state index contributed by atoms with van der Waals surface area (Å²) in [6, 6.07) is 7.22. The second-order valence-electron chi connectivity index (χ2n) is 5.16. The van der Waals surface area contributed by atoms with Crippen LogP contribution in [0.25, 0.3) is 0 Å². The van der Waals surface area contributed by atoms with E-state index in [0.29, 0.717) is 35.7 Å². The third-order valence-electron chi connectivity index (χ3n) is 3.49. The minimum absolute atomic E-state index is 0.135. The Kier molecular flexibility index (Phi) is 5.87. The zero-order valence-corrected chi connectivity index (χ0v) is 12.7. The minimum Gasteiger partial charge on any atom is -0.370 e. The normalized spacial score (nSPS) is 16.0. The van der Waals surface area contributed by atoms with Gasteiger partial charge in [-0.05, 0) is 37.1 Å². The Morgan fingerprint density at radius 3 is 2.62 bits per heavy atom. The molecule has 21 heavy (non-hydrogen) atoms. The highest BCUT2D eigenvalue weighted by atomic mass is 35.5. The summed E-state index contributed by atoms with van der Waals surface area (Å²) in [5.74, 6) is 0.326. The summed E-state index contributed by atoms with van der Waals surface area (Å²) >= 11 is 5.78. The molecular formula is C15H21ClN4O. The number of hydrogen-bond acceptors (Lipinski definition) is 2. The van der Waals surface area contributed by atoms with Crippen LogP contribution in [0, 0.1) is 0 Å². The van der Waals surface area contributed by atoms with Crippen LogP contribution in [0.5, 0.6) is 0 Å². The largest absolute Gasteiger partial charge is 0.370 e. The molecule has 0 atom stereocenters. The number of amides is 1. The fourth-order valence-electron chi connectivity index (χ4n) is 2.37. The summed E-state index contributed by atoms with van der Waals surface area (Å²) in [4.78, 5) is 16.0. The number of nitrogens with one attached hydrogen (secondary N) is 2. The molecule has 0 aromatic heterocycles. The first kappa shape index (κ1) is 15.6. The molecule has 1 aliphatic rings. The molecule has 0 spiro atoms. The van der Waals surface area contributed by atoms with Crippen LogP contribution in [0.2, 0.25) is 5.02 Å². The summed E-state index contributed by atoms with van der Waals surface area (Å²) in [6.07, 6.45) is 4.82. The predicted molar refractivity (Wildman–Crippen MR) is 85.7 cm³/mol. The number of carbonyl (C=O) groups excluding carboxylic acids is 1. The number of benzene rings is 1. The standard InChI is InChI=1S/C15H21ClN4O/c16-12-7-5-11(6-8-12)14(21)18-9-10-19-15(17)20-13-3-1-2-4-13/h5-8,13H,1-4,9-10H2,(H,18,21)(H3,17,19,20). The molecule has 2 rings (SSSR count). The highest BCUT2D eigenvalue weighted by Gasteiger charge is 2.14. The molecule has 1 amide bonds. The van der Waals surface area contributed by atoms with E-state index in [1.54, 1.807) is 24.3 Å². The van der Waals surface area contributed by atoms with Gasteiger partial charge in [0.05, 0.1) is 6.54 Å². The molecule has 0 bridgehead atoms. The maximum absolute atomic E-state index is 11.8. The summed E-state index contributed by atoms with van der Waals surface area (Å²) in [6.45, 7) is 0.916. The van der Waals surface area contributed by atoms with Crippen LogP contribution >= 0.6 is 11.6 Å². The lowest BCUT2D eigenvalue weighted by Gasteiger charge is -2.12. The van der Waals surface area contributed by atoms with Gasteiger partial charge in [-0.15, -0.1) is 0 Å². The summed E-state index contributed by atoms with van der Waals surface area (Å²) in [7, 11) is 0. The van der Waals surface area contributed by atoms with Crippen molar-refractivity contribution in [1.29, 1.82) is 0 Å². The van der Waals surface area contributed by atoms with Crippen LogP contribution in [0.1, 0.15) is 36.0 Å². The fourth-order valence-corrected chi connectivity index (χ4v) is 2.50. The molecule has 4 N–H and O–H groups in total. The van der Waals surface area contributed by atoms with Gasteiger partial charge in [-0.2, -0.15) is 0 Å². The SMILES string of the molecule is NC(=NCCNC(=O)c1ccc(Cl)cc1)NC1CCCC1. The van der Waals surface area contributed by atoms with Crippen molar-refractivity contribution in [2.24, 2.45) is 10.7 Å². The van der Waals surface area contributed by atoms with E-state index in [0.717, 1.165) is 12.8 Å². The van der Waals surface area contributed by atoms with Gasteiger partial charge in [0.2, 0.25) is 0 Å². The summed E-state index contributed by atoms with van der Waals surface area (Å²) < 4.78 is 0. The maximum Gasteiger partial charge on any atom is 0.251 e. The molecular weight excluding hydrogens is 288 g/mol. The first-order chi connectivity index (χ1) is 10.1. The van der Waals surface area contributed by atoms with Crippen LogP contribution in [0.15, 0.2) is 29.3 Å². The number of carbonyl (C=O) groups is 1. The van der Waals surface area contributed by atoms with Gasteiger partial charge in [0.15, 0.2) is 5.96 Å². The van der Waals surface area contributed by atoms with Crippen LogP contribution in [0.3, 0.4) is 0 Å². The number of aliphatic imine (C=N–C) groups is 1.